The van der Waals surface area contributed by atoms with Crippen molar-refractivity contribution in [3.8, 4) is 0 Å². The maximum Gasteiger partial charge on any atom is 0.213 e. The largest absolute Gasteiger partial charge is 0.287 e. The predicted molar refractivity (Wildman–Crippen MR) is 67.2 cm³/mol. The lowest BCUT2D eigenvalue weighted by atomic mass is 10.0. The van der Waals surface area contributed by atoms with Crippen LogP contribution in [0.5, 0.6) is 0 Å². The number of pyridine rings is 1. The first-order valence-electron chi connectivity index (χ1n) is 5.50. The van der Waals surface area contributed by atoms with Crippen LogP contribution in [0.3, 0.4) is 0 Å². The van der Waals surface area contributed by atoms with E-state index in [4.69, 9.17) is 0 Å². The Morgan fingerprint density at radius 2 is 1.83 bits per heavy atom. The number of carbonyl (C=O) groups is 1. The summed E-state index contributed by atoms with van der Waals surface area (Å²) in [7, 11) is 0. The van der Waals surface area contributed by atoms with Crippen LogP contribution in [-0.2, 0) is 0 Å². The second-order valence-electron chi connectivity index (χ2n) is 3.82. The van der Waals surface area contributed by atoms with Gasteiger partial charge in [-0.05, 0) is 11.5 Å². The van der Waals surface area contributed by atoms with Gasteiger partial charge in [0.1, 0.15) is 5.69 Å². The first-order chi connectivity index (χ1) is 8.86. The van der Waals surface area contributed by atoms with Crippen LogP contribution in [0.4, 0.5) is 0 Å². The molecule has 0 fully saturated rings. The molecule has 0 unspecified atom stereocenters. The van der Waals surface area contributed by atoms with Gasteiger partial charge in [-0.1, -0.05) is 18.2 Å². The highest BCUT2D eigenvalue weighted by atomic mass is 16.1. The number of hydrogen-bond donors (Lipinski definition) is 0. The van der Waals surface area contributed by atoms with E-state index in [1.165, 1.54) is 12.4 Å². The molecule has 1 aromatic carbocycles. The van der Waals surface area contributed by atoms with E-state index in [0.29, 0.717) is 11.3 Å². The number of fused-ring (bicyclic) bond motifs is 1. The molecule has 0 radical (unpaired) electrons. The van der Waals surface area contributed by atoms with Crippen molar-refractivity contribution in [3.05, 3.63) is 66.5 Å². The first-order valence-corrected chi connectivity index (χ1v) is 5.50. The fraction of sp³-hybridized carbons (Fsp3) is 0. The van der Waals surface area contributed by atoms with Crippen LogP contribution >= 0.6 is 0 Å². The molecule has 0 amide bonds. The van der Waals surface area contributed by atoms with Crippen LogP contribution < -0.4 is 0 Å². The highest BCUT2D eigenvalue weighted by Gasteiger charge is 2.13. The summed E-state index contributed by atoms with van der Waals surface area (Å²) in [5, 5.41) is 1.82. The lowest BCUT2D eigenvalue weighted by Gasteiger charge is -2.04. The lowest BCUT2D eigenvalue weighted by Crippen LogP contribution is -2.05. The topological polar surface area (TPSA) is 55.7 Å². The van der Waals surface area contributed by atoms with Crippen LogP contribution in [0.25, 0.3) is 10.8 Å². The van der Waals surface area contributed by atoms with E-state index in [1.807, 2.05) is 18.2 Å². The van der Waals surface area contributed by atoms with Crippen molar-refractivity contribution in [1.29, 1.82) is 0 Å². The molecule has 0 aliphatic rings. The van der Waals surface area contributed by atoms with Gasteiger partial charge in [0.05, 0.1) is 6.20 Å². The minimum atomic E-state index is -0.125. The molecule has 4 heteroatoms. The third kappa shape index (κ3) is 1.73. The SMILES string of the molecule is O=C(c1cnccn1)c1cccc2cnccc12. The molecular weight excluding hydrogens is 226 g/mol. The summed E-state index contributed by atoms with van der Waals surface area (Å²) in [6.07, 6.45) is 7.95. The number of ketones is 1. The Bertz CT molecular complexity index is 705. The maximum absolute atomic E-state index is 12.3. The zero-order valence-electron chi connectivity index (χ0n) is 9.45. The third-order valence-corrected chi connectivity index (χ3v) is 2.72. The monoisotopic (exact) mass is 235 g/mol. The van der Waals surface area contributed by atoms with E-state index in [2.05, 4.69) is 15.0 Å². The van der Waals surface area contributed by atoms with Gasteiger partial charge < -0.3 is 0 Å². The highest BCUT2D eigenvalue weighted by molar-refractivity contribution is 6.15. The Hall–Kier alpha value is -2.62. The zero-order chi connectivity index (χ0) is 12.4. The van der Waals surface area contributed by atoms with Crippen molar-refractivity contribution < 1.29 is 4.79 Å². The van der Waals surface area contributed by atoms with E-state index in [0.717, 1.165) is 10.8 Å². The van der Waals surface area contributed by atoms with Gasteiger partial charge in [-0.25, -0.2) is 4.98 Å². The molecule has 0 N–H and O–H groups in total. The zero-order valence-corrected chi connectivity index (χ0v) is 9.45. The summed E-state index contributed by atoms with van der Waals surface area (Å²) in [5.74, 6) is -0.125. The Morgan fingerprint density at radius 1 is 0.944 bits per heavy atom. The third-order valence-electron chi connectivity index (χ3n) is 2.72. The van der Waals surface area contributed by atoms with Crippen molar-refractivity contribution in [2.75, 3.05) is 0 Å². The minimum absolute atomic E-state index is 0.125. The Labute approximate surface area is 103 Å². The van der Waals surface area contributed by atoms with Crippen LogP contribution in [0, 0.1) is 0 Å². The summed E-state index contributed by atoms with van der Waals surface area (Å²) in [4.78, 5) is 24.3. The summed E-state index contributed by atoms with van der Waals surface area (Å²) in [6.45, 7) is 0. The number of hydrogen-bond acceptors (Lipinski definition) is 4. The number of rotatable bonds is 2. The van der Waals surface area contributed by atoms with Gasteiger partial charge in [-0.3, -0.25) is 14.8 Å². The van der Waals surface area contributed by atoms with E-state index >= 15 is 0 Å². The summed E-state index contributed by atoms with van der Waals surface area (Å²) in [6, 6.07) is 7.39. The minimum Gasteiger partial charge on any atom is -0.287 e. The molecule has 0 spiro atoms. The summed E-state index contributed by atoms with van der Waals surface area (Å²) >= 11 is 0. The molecule has 3 rings (SSSR count). The van der Waals surface area contributed by atoms with Gasteiger partial charge in [0.15, 0.2) is 0 Å². The number of carbonyl (C=O) groups excluding carboxylic acids is 1. The fourth-order valence-electron chi connectivity index (χ4n) is 1.87. The van der Waals surface area contributed by atoms with Crippen molar-refractivity contribution in [1.82, 2.24) is 15.0 Å². The van der Waals surface area contributed by atoms with Crippen LogP contribution in [0.2, 0.25) is 0 Å². The van der Waals surface area contributed by atoms with Crippen LogP contribution in [-0.4, -0.2) is 20.7 Å². The molecule has 0 bridgehead atoms. The van der Waals surface area contributed by atoms with Crippen LogP contribution in [0.15, 0.2) is 55.2 Å². The smallest absolute Gasteiger partial charge is 0.213 e. The maximum atomic E-state index is 12.3. The van der Waals surface area contributed by atoms with Crippen molar-refractivity contribution >= 4 is 16.6 Å². The average Bonchev–Trinajstić information content (AvgIpc) is 2.47. The van der Waals surface area contributed by atoms with E-state index in [-0.39, 0.29) is 5.78 Å². The molecule has 86 valence electrons. The van der Waals surface area contributed by atoms with Gasteiger partial charge in [0, 0.05) is 35.7 Å². The summed E-state index contributed by atoms with van der Waals surface area (Å²) in [5.41, 5.74) is 0.970. The van der Waals surface area contributed by atoms with E-state index in [1.54, 1.807) is 24.7 Å². The van der Waals surface area contributed by atoms with Gasteiger partial charge in [-0.15, -0.1) is 0 Å². The van der Waals surface area contributed by atoms with Crippen molar-refractivity contribution in [2.45, 2.75) is 0 Å². The molecule has 2 aromatic heterocycles. The average molecular weight is 235 g/mol. The number of benzene rings is 1. The van der Waals surface area contributed by atoms with E-state index < -0.39 is 0 Å². The van der Waals surface area contributed by atoms with Gasteiger partial charge in [-0.2, -0.15) is 0 Å². The lowest BCUT2D eigenvalue weighted by molar-refractivity contribution is 0.103. The molecule has 0 aliphatic carbocycles. The standard InChI is InChI=1S/C14H9N3O/c18-14(13-9-16-6-7-17-13)12-3-1-2-10-8-15-5-4-11(10)12/h1-9H. The Morgan fingerprint density at radius 3 is 2.67 bits per heavy atom. The molecule has 0 saturated heterocycles. The Kier molecular flexibility index (Phi) is 2.53. The highest BCUT2D eigenvalue weighted by Crippen LogP contribution is 2.19. The number of nitrogens with zero attached hydrogens (tertiary/aromatic N) is 3. The molecule has 0 atom stereocenters. The van der Waals surface area contributed by atoms with Gasteiger partial charge in [0.25, 0.3) is 0 Å². The second-order valence-corrected chi connectivity index (χ2v) is 3.82. The molecule has 2 heterocycles. The molecule has 18 heavy (non-hydrogen) atoms. The second kappa shape index (κ2) is 4.33. The summed E-state index contributed by atoms with van der Waals surface area (Å²) < 4.78 is 0. The molecule has 4 nitrogen and oxygen atoms in total. The molecule has 0 aliphatic heterocycles. The first kappa shape index (κ1) is 10.5. The predicted octanol–water partition coefficient (Wildman–Crippen LogP) is 2.26. The molecule has 0 saturated carbocycles. The normalized spacial score (nSPS) is 10.4. The van der Waals surface area contributed by atoms with Crippen molar-refractivity contribution in [3.63, 3.8) is 0 Å². The number of aromatic nitrogens is 3. The fourth-order valence-corrected chi connectivity index (χ4v) is 1.87. The van der Waals surface area contributed by atoms with Crippen LogP contribution in [0.1, 0.15) is 16.1 Å². The van der Waals surface area contributed by atoms with Gasteiger partial charge in [0.2, 0.25) is 5.78 Å². The van der Waals surface area contributed by atoms with Crippen molar-refractivity contribution in [2.24, 2.45) is 0 Å². The quantitative estimate of drug-likeness (QED) is 0.639. The molecule has 3 aromatic rings. The Balaban J connectivity index is 2.18. The van der Waals surface area contributed by atoms with E-state index in [9.17, 15) is 4.79 Å². The van der Waals surface area contributed by atoms with Gasteiger partial charge >= 0.3 is 0 Å². The molecular formula is C14H9N3O.